The molecule has 5 nitrogen and oxygen atoms in total. The van der Waals surface area contributed by atoms with Crippen molar-refractivity contribution in [2.24, 2.45) is 5.73 Å². The molecule has 0 spiro atoms. The van der Waals surface area contributed by atoms with E-state index in [2.05, 4.69) is 13.8 Å². The van der Waals surface area contributed by atoms with E-state index >= 15 is 0 Å². The first kappa shape index (κ1) is 22.2. The molecule has 0 aliphatic carbocycles. The van der Waals surface area contributed by atoms with Crippen LogP contribution in [0.25, 0.3) is 0 Å². The third kappa shape index (κ3) is 24.3. The monoisotopic (exact) mass is 303 g/mol. The number of nitrogens with two attached hydrogens (primary N) is 1. The zero-order valence-corrected chi connectivity index (χ0v) is 13.6. The smallest absolute Gasteiger partial charge is 0.303 e. The molecule has 1 atom stereocenters. The summed E-state index contributed by atoms with van der Waals surface area (Å²) in [5.41, 5.74) is 5.87. The summed E-state index contributed by atoms with van der Waals surface area (Å²) in [6.45, 7) is 4.44. The second-order valence-electron chi connectivity index (χ2n) is 5.39. The lowest BCUT2D eigenvalue weighted by molar-refractivity contribution is -0.139. The molecule has 5 heteroatoms. The summed E-state index contributed by atoms with van der Waals surface area (Å²) in [6.07, 6.45) is 10.1. The van der Waals surface area contributed by atoms with Gasteiger partial charge in [0.05, 0.1) is 0 Å². The van der Waals surface area contributed by atoms with Gasteiger partial charge in [0.25, 0.3) is 0 Å². The van der Waals surface area contributed by atoms with Crippen LogP contribution in [0.4, 0.5) is 0 Å². The minimum Gasteiger partial charge on any atom is -0.481 e. The molecular formula is C16H33NO4. The summed E-state index contributed by atoms with van der Waals surface area (Å²) in [4.78, 5) is 19.8. The van der Waals surface area contributed by atoms with Crippen molar-refractivity contribution in [1.82, 2.24) is 0 Å². The molecule has 0 saturated carbocycles. The lowest BCUT2D eigenvalue weighted by Crippen LogP contribution is -2.18. The van der Waals surface area contributed by atoms with Gasteiger partial charge in [-0.2, -0.15) is 0 Å². The maximum Gasteiger partial charge on any atom is 0.303 e. The van der Waals surface area contributed by atoms with E-state index in [0.717, 1.165) is 0 Å². The fourth-order valence-corrected chi connectivity index (χ4v) is 1.90. The van der Waals surface area contributed by atoms with Crippen LogP contribution in [0.3, 0.4) is 0 Å². The summed E-state index contributed by atoms with van der Waals surface area (Å²) >= 11 is 0. The Morgan fingerprint density at radius 3 is 1.71 bits per heavy atom. The van der Waals surface area contributed by atoms with Gasteiger partial charge in [-0.25, -0.2) is 0 Å². The predicted octanol–water partition coefficient (Wildman–Crippen LogP) is 3.80. The SMILES string of the molecule is CCCCCCC(N)CCC.O=C(O)CCCCC(=O)O. The molecule has 0 aliphatic rings. The van der Waals surface area contributed by atoms with Crippen LogP contribution in [0.2, 0.25) is 0 Å². The first-order valence-corrected chi connectivity index (χ1v) is 8.13. The molecule has 0 radical (unpaired) electrons. The summed E-state index contributed by atoms with van der Waals surface area (Å²) < 4.78 is 0. The Balaban J connectivity index is 0. The Morgan fingerprint density at radius 2 is 1.33 bits per heavy atom. The first-order chi connectivity index (χ1) is 9.93. The Kier molecular flexibility index (Phi) is 17.9. The van der Waals surface area contributed by atoms with Crippen LogP contribution in [0.5, 0.6) is 0 Å². The third-order valence-electron chi connectivity index (χ3n) is 3.12. The van der Waals surface area contributed by atoms with Crippen LogP contribution in [0.1, 0.15) is 84.5 Å². The van der Waals surface area contributed by atoms with Gasteiger partial charge < -0.3 is 15.9 Å². The van der Waals surface area contributed by atoms with Gasteiger partial charge in [-0.15, -0.1) is 0 Å². The normalized spacial score (nSPS) is 11.4. The Hall–Kier alpha value is -1.10. The van der Waals surface area contributed by atoms with Crippen molar-refractivity contribution in [3.63, 3.8) is 0 Å². The van der Waals surface area contributed by atoms with Gasteiger partial charge in [0, 0.05) is 18.9 Å². The number of aliphatic carboxylic acids is 2. The number of unbranched alkanes of at least 4 members (excludes halogenated alkanes) is 4. The third-order valence-corrected chi connectivity index (χ3v) is 3.12. The molecule has 0 amide bonds. The summed E-state index contributed by atoms with van der Waals surface area (Å²) in [5.74, 6) is -1.74. The number of carbonyl (C=O) groups is 2. The molecule has 126 valence electrons. The zero-order valence-electron chi connectivity index (χ0n) is 13.6. The maximum absolute atomic E-state index is 9.90. The Bertz CT molecular complexity index is 241. The van der Waals surface area contributed by atoms with Gasteiger partial charge >= 0.3 is 11.9 Å². The van der Waals surface area contributed by atoms with Gasteiger partial charge in [-0.3, -0.25) is 9.59 Å². The van der Waals surface area contributed by atoms with E-state index in [9.17, 15) is 9.59 Å². The van der Waals surface area contributed by atoms with Gasteiger partial charge in [-0.1, -0.05) is 46.0 Å². The van der Waals surface area contributed by atoms with E-state index in [1.807, 2.05) is 0 Å². The van der Waals surface area contributed by atoms with Crippen molar-refractivity contribution in [2.45, 2.75) is 90.5 Å². The molecule has 0 aliphatic heterocycles. The zero-order chi connectivity index (χ0) is 16.5. The summed E-state index contributed by atoms with van der Waals surface area (Å²) in [6, 6.07) is 0.469. The van der Waals surface area contributed by atoms with E-state index in [1.165, 1.54) is 44.9 Å². The number of hydrogen-bond donors (Lipinski definition) is 3. The maximum atomic E-state index is 9.90. The minimum absolute atomic E-state index is 0.0628. The van der Waals surface area contributed by atoms with Crippen LogP contribution in [0, 0.1) is 0 Å². The molecule has 0 bridgehead atoms. The van der Waals surface area contributed by atoms with E-state index in [0.29, 0.717) is 18.9 Å². The lowest BCUT2D eigenvalue weighted by atomic mass is 10.0. The molecule has 0 rings (SSSR count). The summed E-state index contributed by atoms with van der Waals surface area (Å²) in [7, 11) is 0. The Morgan fingerprint density at radius 1 is 0.810 bits per heavy atom. The van der Waals surface area contributed by atoms with Crippen molar-refractivity contribution >= 4 is 11.9 Å². The van der Waals surface area contributed by atoms with E-state index in [4.69, 9.17) is 15.9 Å². The van der Waals surface area contributed by atoms with E-state index < -0.39 is 11.9 Å². The van der Waals surface area contributed by atoms with Crippen molar-refractivity contribution in [1.29, 1.82) is 0 Å². The van der Waals surface area contributed by atoms with Crippen molar-refractivity contribution in [3.8, 4) is 0 Å². The average molecular weight is 303 g/mol. The van der Waals surface area contributed by atoms with E-state index in [1.54, 1.807) is 0 Å². The van der Waals surface area contributed by atoms with Crippen LogP contribution < -0.4 is 5.73 Å². The molecule has 21 heavy (non-hydrogen) atoms. The fraction of sp³-hybridized carbons (Fsp3) is 0.875. The quantitative estimate of drug-likeness (QED) is 0.476. The summed E-state index contributed by atoms with van der Waals surface area (Å²) in [5, 5.41) is 16.3. The number of carboxylic acids is 2. The molecule has 0 saturated heterocycles. The second-order valence-corrected chi connectivity index (χ2v) is 5.39. The topological polar surface area (TPSA) is 101 Å². The van der Waals surface area contributed by atoms with Crippen LogP contribution in [0.15, 0.2) is 0 Å². The highest BCUT2D eigenvalue weighted by Crippen LogP contribution is 2.07. The Labute approximate surface area is 128 Å². The van der Waals surface area contributed by atoms with Crippen LogP contribution in [-0.2, 0) is 9.59 Å². The largest absolute Gasteiger partial charge is 0.481 e. The first-order valence-electron chi connectivity index (χ1n) is 8.13. The molecule has 1 unspecified atom stereocenters. The molecule has 0 aromatic carbocycles. The van der Waals surface area contributed by atoms with Crippen molar-refractivity contribution in [2.75, 3.05) is 0 Å². The van der Waals surface area contributed by atoms with Crippen LogP contribution >= 0.6 is 0 Å². The highest BCUT2D eigenvalue weighted by molar-refractivity contribution is 5.67. The fourth-order valence-electron chi connectivity index (χ4n) is 1.90. The molecule has 0 fully saturated rings. The van der Waals surface area contributed by atoms with E-state index in [-0.39, 0.29) is 12.8 Å². The number of carboxylic acid groups (broad SMARTS) is 2. The molecule has 0 aromatic heterocycles. The van der Waals surface area contributed by atoms with Gasteiger partial charge in [0.15, 0.2) is 0 Å². The standard InChI is InChI=1S/C10H23N.C6H10O4/c1-3-5-6-7-9-10(11)8-4-2;7-5(8)3-1-2-4-6(9)10/h10H,3-9,11H2,1-2H3;1-4H2,(H,7,8)(H,9,10). The molecule has 0 heterocycles. The van der Waals surface area contributed by atoms with Gasteiger partial charge in [-0.05, 0) is 25.7 Å². The van der Waals surface area contributed by atoms with Crippen LogP contribution in [-0.4, -0.2) is 28.2 Å². The minimum atomic E-state index is -0.870. The van der Waals surface area contributed by atoms with Crippen molar-refractivity contribution in [3.05, 3.63) is 0 Å². The molecule has 0 aromatic rings. The predicted molar refractivity (Wildman–Crippen MR) is 85.4 cm³/mol. The lowest BCUT2D eigenvalue weighted by Gasteiger charge is -2.08. The average Bonchev–Trinajstić information content (AvgIpc) is 2.40. The van der Waals surface area contributed by atoms with Gasteiger partial charge in [0.1, 0.15) is 0 Å². The molecule has 4 N–H and O–H groups in total. The highest BCUT2D eigenvalue weighted by atomic mass is 16.4. The molecular weight excluding hydrogens is 270 g/mol. The highest BCUT2D eigenvalue weighted by Gasteiger charge is 1.99. The van der Waals surface area contributed by atoms with Crippen molar-refractivity contribution < 1.29 is 19.8 Å². The van der Waals surface area contributed by atoms with Gasteiger partial charge in [0.2, 0.25) is 0 Å². The number of rotatable bonds is 12. The number of hydrogen-bond acceptors (Lipinski definition) is 3. The second kappa shape index (κ2) is 17.0.